The smallest absolute Gasteiger partial charge is 0.417 e. The minimum absolute atomic E-state index is 0.0000342. The van der Waals surface area contributed by atoms with E-state index in [4.69, 9.17) is 15.2 Å². The highest BCUT2D eigenvalue weighted by Crippen LogP contribution is 2.54. The molecular weight excluding hydrogens is 453 g/mol. The van der Waals surface area contributed by atoms with Gasteiger partial charge in [-0.05, 0) is 25.1 Å². The zero-order valence-electron chi connectivity index (χ0n) is 17.7. The van der Waals surface area contributed by atoms with E-state index in [1.807, 2.05) is 0 Å². The van der Waals surface area contributed by atoms with Crippen molar-refractivity contribution in [3.63, 3.8) is 0 Å². The van der Waals surface area contributed by atoms with Crippen LogP contribution >= 0.6 is 0 Å². The number of nitrogens with zero attached hydrogens (tertiary/aromatic N) is 1. The van der Waals surface area contributed by atoms with E-state index in [9.17, 15) is 31.5 Å². The SMILES string of the molecule is COc1c([C@@H]2[C@@H](C)[C@](C)(C(F)(F)F)O[C@H]2C(=O)Nc2cc(C(N)=O)ccn2)ccc(F)c1F. The van der Waals surface area contributed by atoms with Gasteiger partial charge in [0.15, 0.2) is 17.2 Å². The molecule has 0 aliphatic carbocycles. The number of benzene rings is 1. The van der Waals surface area contributed by atoms with Crippen molar-refractivity contribution in [2.45, 2.75) is 37.6 Å². The van der Waals surface area contributed by atoms with Gasteiger partial charge in [-0.2, -0.15) is 17.6 Å². The highest BCUT2D eigenvalue weighted by atomic mass is 19.4. The number of anilines is 1. The van der Waals surface area contributed by atoms with Crippen LogP contribution in [0.3, 0.4) is 0 Å². The zero-order valence-corrected chi connectivity index (χ0v) is 17.7. The van der Waals surface area contributed by atoms with Crippen molar-refractivity contribution in [1.29, 1.82) is 0 Å². The third-order valence-corrected chi connectivity index (χ3v) is 5.87. The lowest BCUT2D eigenvalue weighted by atomic mass is 9.77. The zero-order chi connectivity index (χ0) is 24.7. The molecule has 0 saturated carbocycles. The molecule has 0 bridgehead atoms. The van der Waals surface area contributed by atoms with Crippen molar-refractivity contribution in [2.75, 3.05) is 12.4 Å². The number of methoxy groups -OCH3 is 1. The Morgan fingerprint density at radius 1 is 1.24 bits per heavy atom. The van der Waals surface area contributed by atoms with E-state index in [2.05, 4.69) is 10.3 Å². The number of ether oxygens (including phenoxy) is 2. The van der Waals surface area contributed by atoms with Crippen LogP contribution in [0.15, 0.2) is 30.5 Å². The second-order valence-electron chi connectivity index (χ2n) is 7.72. The summed E-state index contributed by atoms with van der Waals surface area (Å²) < 4.78 is 80.0. The Bertz CT molecular complexity index is 1090. The second-order valence-corrected chi connectivity index (χ2v) is 7.72. The standard InChI is InChI=1S/C21H20F5N3O4/c1-9-14(11-4-5-12(22)15(23)16(11)32-3)17(33-20(9,2)21(24,25)26)19(31)29-13-8-10(18(27)30)6-7-28-13/h4-9,14,17H,1-3H3,(H2,27,30)(H,28,29,31)/t9-,14+,17-,20-/m1/s1. The highest BCUT2D eigenvalue weighted by Gasteiger charge is 2.65. The van der Waals surface area contributed by atoms with E-state index >= 15 is 0 Å². The largest absolute Gasteiger partial charge is 0.493 e. The number of carbonyl (C=O) groups is 2. The number of amides is 2. The molecule has 12 heteroatoms. The summed E-state index contributed by atoms with van der Waals surface area (Å²) in [6, 6.07) is 4.20. The molecule has 0 spiro atoms. The summed E-state index contributed by atoms with van der Waals surface area (Å²) in [5.74, 6) is -8.10. The number of pyridine rings is 1. The van der Waals surface area contributed by atoms with Crippen LogP contribution in [0.5, 0.6) is 5.75 Å². The quantitative estimate of drug-likeness (QED) is 0.647. The van der Waals surface area contributed by atoms with Gasteiger partial charge >= 0.3 is 6.18 Å². The Morgan fingerprint density at radius 2 is 1.91 bits per heavy atom. The topological polar surface area (TPSA) is 104 Å². The molecule has 3 rings (SSSR count). The number of alkyl halides is 3. The Kier molecular flexibility index (Phi) is 6.33. The lowest BCUT2D eigenvalue weighted by Crippen LogP contribution is -2.47. The van der Waals surface area contributed by atoms with E-state index in [0.29, 0.717) is 0 Å². The van der Waals surface area contributed by atoms with Gasteiger partial charge in [0, 0.05) is 29.2 Å². The van der Waals surface area contributed by atoms with Crippen LogP contribution in [0, 0.1) is 17.6 Å². The predicted octanol–water partition coefficient (Wildman–Crippen LogP) is 3.55. The maximum atomic E-state index is 14.3. The molecule has 178 valence electrons. The maximum Gasteiger partial charge on any atom is 0.417 e. The Balaban J connectivity index is 2.07. The number of halogens is 5. The van der Waals surface area contributed by atoms with Crippen LogP contribution < -0.4 is 15.8 Å². The van der Waals surface area contributed by atoms with Crippen molar-refractivity contribution in [2.24, 2.45) is 11.7 Å². The molecule has 1 aliphatic heterocycles. The van der Waals surface area contributed by atoms with E-state index in [1.54, 1.807) is 0 Å². The minimum atomic E-state index is -4.89. The maximum absolute atomic E-state index is 14.3. The monoisotopic (exact) mass is 473 g/mol. The van der Waals surface area contributed by atoms with Crippen molar-refractivity contribution < 1.29 is 41.0 Å². The highest BCUT2D eigenvalue weighted by molar-refractivity contribution is 5.97. The summed E-state index contributed by atoms with van der Waals surface area (Å²) in [7, 11) is 1.03. The molecular formula is C21H20F5N3O4. The van der Waals surface area contributed by atoms with Gasteiger partial charge in [0.1, 0.15) is 11.9 Å². The molecule has 3 N–H and O–H groups in total. The van der Waals surface area contributed by atoms with Gasteiger partial charge < -0.3 is 20.5 Å². The van der Waals surface area contributed by atoms with Gasteiger partial charge in [0.25, 0.3) is 5.91 Å². The van der Waals surface area contributed by atoms with Crippen molar-refractivity contribution in [3.8, 4) is 5.75 Å². The molecule has 2 aromatic rings. The third kappa shape index (κ3) is 4.22. The van der Waals surface area contributed by atoms with Gasteiger partial charge in [0.2, 0.25) is 11.7 Å². The van der Waals surface area contributed by atoms with Gasteiger partial charge in [0.05, 0.1) is 7.11 Å². The number of aromatic nitrogens is 1. The summed E-state index contributed by atoms with van der Waals surface area (Å²) >= 11 is 0. The lowest BCUT2D eigenvalue weighted by Gasteiger charge is -2.32. The number of primary amides is 1. The summed E-state index contributed by atoms with van der Waals surface area (Å²) in [5.41, 5.74) is 2.22. The van der Waals surface area contributed by atoms with E-state index in [-0.39, 0.29) is 16.9 Å². The second kappa shape index (κ2) is 8.58. The fraction of sp³-hybridized carbons (Fsp3) is 0.381. The van der Waals surface area contributed by atoms with Gasteiger partial charge in [-0.15, -0.1) is 0 Å². The van der Waals surface area contributed by atoms with Crippen LogP contribution in [0.2, 0.25) is 0 Å². The Hall–Kier alpha value is -3.28. The van der Waals surface area contributed by atoms with Crippen LogP contribution in [-0.2, 0) is 9.53 Å². The minimum Gasteiger partial charge on any atom is -0.493 e. The van der Waals surface area contributed by atoms with Gasteiger partial charge in [-0.25, -0.2) is 9.37 Å². The van der Waals surface area contributed by atoms with Gasteiger partial charge in [-0.3, -0.25) is 9.59 Å². The first-order valence-corrected chi connectivity index (χ1v) is 9.65. The molecule has 0 unspecified atom stereocenters. The molecule has 1 aromatic heterocycles. The molecule has 1 saturated heterocycles. The Morgan fingerprint density at radius 3 is 2.48 bits per heavy atom. The number of hydrogen-bond acceptors (Lipinski definition) is 5. The normalized spacial score (nSPS) is 25.0. The number of rotatable bonds is 5. The summed E-state index contributed by atoms with van der Waals surface area (Å²) in [6.45, 7) is 1.97. The molecule has 1 fully saturated rings. The van der Waals surface area contributed by atoms with Gasteiger partial charge in [-0.1, -0.05) is 13.0 Å². The van der Waals surface area contributed by atoms with E-state index in [1.165, 1.54) is 19.2 Å². The molecule has 33 heavy (non-hydrogen) atoms. The number of nitrogens with two attached hydrogens (primary N) is 1. The summed E-state index contributed by atoms with van der Waals surface area (Å²) in [5, 5.41) is 2.29. The van der Waals surface area contributed by atoms with Crippen molar-refractivity contribution in [1.82, 2.24) is 4.98 Å². The number of hydrogen-bond donors (Lipinski definition) is 2. The van der Waals surface area contributed by atoms with Crippen molar-refractivity contribution >= 4 is 17.6 Å². The molecule has 2 heterocycles. The first kappa shape index (κ1) is 24.4. The molecule has 1 aliphatic rings. The summed E-state index contributed by atoms with van der Waals surface area (Å²) in [4.78, 5) is 28.2. The fourth-order valence-corrected chi connectivity index (χ4v) is 3.89. The van der Waals surface area contributed by atoms with Crippen molar-refractivity contribution in [3.05, 3.63) is 53.2 Å². The number of carbonyl (C=O) groups excluding carboxylic acids is 2. The average molecular weight is 473 g/mol. The van der Waals surface area contributed by atoms with Crippen LogP contribution in [-0.4, -0.2) is 41.8 Å². The van der Waals surface area contributed by atoms with Crippen LogP contribution in [0.1, 0.15) is 35.7 Å². The molecule has 2 amide bonds. The first-order chi connectivity index (χ1) is 15.3. The first-order valence-electron chi connectivity index (χ1n) is 9.65. The van der Waals surface area contributed by atoms with E-state index in [0.717, 1.165) is 32.2 Å². The van der Waals surface area contributed by atoms with E-state index < -0.39 is 58.9 Å². The Labute approximate surface area is 185 Å². The molecule has 0 radical (unpaired) electrons. The average Bonchev–Trinajstić information content (AvgIpc) is 3.02. The fourth-order valence-electron chi connectivity index (χ4n) is 3.89. The molecule has 1 aromatic carbocycles. The predicted molar refractivity (Wildman–Crippen MR) is 106 cm³/mol. The lowest BCUT2D eigenvalue weighted by molar-refractivity contribution is -0.272. The third-order valence-electron chi connectivity index (χ3n) is 5.87. The van der Waals surface area contributed by atoms with Crippen LogP contribution in [0.4, 0.5) is 27.8 Å². The molecule has 7 nitrogen and oxygen atoms in total. The van der Waals surface area contributed by atoms with Crippen LogP contribution in [0.25, 0.3) is 0 Å². The molecule has 4 atom stereocenters. The summed E-state index contributed by atoms with van der Waals surface area (Å²) in [6.07, 6.45) is -5.51. The number of nitrogens with one attached hydrogen (secondary N) is 1.